The van der Waals surface area contributed by atoms with Gasteiger partial charge in [0.15, 0.2) is 11.5 Å². The summed E-state index contributed by atoms with van der Waals surface area (Å²) in [5.74, 6) is 0.0413. The van der Waals surface area contributed by atoms with Crippen LogP contribution in [0.2, 0.25) is 0 Å². The third-order valence-electron chi connectivity index (χ3n) is 4.09. The first-order valence-electron chi connectivity index (χ1n) is 7.53. The number of benzene rings is 1. The van der Waals surface area contributed by atoms with E-state index in [-0.39, 0.29) is 0 Å². The van der Waals surface area contributed by atoms with Crippen molar-refractivity contribution in [2.45, 2.75) is 19.6 Å². The highest BCUT2D eigenvalue weighted by Gasteiger charge is 2.41. The van der Waals surface area contributed by atoms with Gasteiger partial charge < -0.3 is 18.9 Å². The summed E-state index contributed by atoms with van der Waals surface area (Å²) < 4.78 is 23.1. The molecular weight excluding hydrogens is 366 g/mol. The lowest BCUT2D eigenvalue weighted by Gasteiger charge is -2.33. The molecule has 23 heavy (non-hydrogen) atoms. The van der Waals surface area contributed by atoms with Crippen molar-refractivity contribution in [1.29, 1.82) is 0 Å². The zero-order chi connectivity index (χ0) is 16.6. The van der Waals surface area contributed by atoms with Crippen molar-refractivity contribution in [3.8, 4) is 11.5 Å². The summed E-state index contributed by atoms with van der Waals surface area (Å²) in [4.78, 5) is 14.2. The minimum atomic E-state index is -0.790. The van der Waals surface area contributed by atoms with Gasteiger partial charge in [0.25, 0.3) is 5.79 Å². The molecule has 0 aromatic heterocycles. The molecule has 0 spiro atoms. The Kier molecular flexibility index (Phi) is 4.53. The molecule has 0 N–H and O–H groups in total. The molecule has 1 aromatic carbocycles. The molecule has 2 heterocycles. The van der Waals surface area contributed by atoms with Gasteiger partial charge in [-0.15, -0.1) is 0 Å². The molecule has 0 aliphatic carbocycles. The van der Waals surface area contributed by atoms with Gasteiger partial charge in [0.05, 0.1) is 36.9 Å². The number of carbonyl (C=O) groups is 1. The highest BCUT2D eigenvalue weighted by Crippen LogP contribution is 2.48. The minimum Gasteiger partial charge on any atom is -0.465 e. The first-order valence-corrected chi connectivity index (χ1v) is 8.32. The van der Waals surface area contributed by atoms with Crippen LogP contribution in [0.1, 0.15) is 22.8 Å². The van der Waals surface area contributed by atoms with E-state index in [0.717, 1.165) is 31.9 Å². The smallest absolute Gasteiger partial charge is 0.338 e. The van der Waals surface area contributed by atoms with Crippen LogP contribution in [-0.2, 0) is 9.47 Å². The standard InChI is InChI=1S/C16H20BrNO5/c1-10-11(15(19)20-3)8-12(17)14-13(10)22-16(2,23-14)9-18-4-6-21-7-5-18/h8H,4-7,9H2,1-3H3/t16-/m1/s1. The Morgan fingerprint density at radius 1 is 1.35 bits per heavy atom. The maximum absolute atomic E-state index is 11.9. The highest BCUT2D eigenvalue weighted by molar-refractivity contribution is 9.10. The van der Waals surface area contributed by atoms with Gasteiger partial charge in [-0.25, -0.2) is 4.79 Å². The van der Waals surface area contributed by atoms with Crippen molar-refractivity contribution in [1.82, 2.24) is 4.90 Å². The maximum atomic E-state index is 11.9. The van der Waals surface area contributed by atoms with Crippen LogP contribution in [0.5, 0.6) is 11.5 Å². The van der Waals surface area contributed by atoms with Crippen LogP contribution in [0.25, 0.3) is 0 Å². The van der Waals surface area contributed by atoms with E-state index < -0.39 is 11.8 Å². The van der Waals surface area contributed by atoms with Crippen LogP contribution in [0.15, 0.2) is 10.5 Å². The van der Waals surface area contributed by atoms with Crippen molar-refractivity contribution < 1.29 is 23.7 Å². The number of nitrogens with zero attached hydrogens (tertiary/aromatic N) is 1. The van der Waals surface area contributed by atoms with Gasteiger partial charge in [-0.1, -0.05) is 0 Å². The Balaban J connectivity index is 1.86. The quantitative estimate of drug-likeness (QED) is 0.744. The van der Waals surface area contributed by atoms with E-state index in [2.05, 4.69) is 20.8 Å². The number of halogens is 1. The summed E-state index contributed by atoms with van der Waals surface area (Å²) in [7, 11) is 1.36. The van der Waals surface area contributed by atoms with Crippen molar-refractivity contribution in [2.24, 2.45) is 0 Å². The number of ether oxygens (including phenoxy) is 4. The summed E-state index contributed by atoms with van der Waals surface area (Å²) in [5, 5.41) is 0. The molecular formula is C16H20BrNO5. The lowest BCUT2D eigenvalue weighted by atomic mass is 10.1. The second-order valence-corrected chi connectivity index (χ2v) is 6.76. The third kappa shape index (κ3) is 3.18. The fraction of sp³-hybridized carbons (Fsp3) is 0.562. The van der Waals surface area contributed by atoms with Crippen LogP contribution in [0.3, 0.4) is 0 Å². The van der Waals surface area contributed by atoms with Crippen LogP contribution in [0.4, 0.5) is 0 Å². The second-order valence-electron chi connectivity index (χ2n) is 5.91. The van der Waals surface area contributed by atoms with Gasteiger partial charge in [0.2, 0.25) is 0 Å². The zero-order valence-electron chi connectivity index (χ0n) is 13.5. The van der Waals surface area contributed by atoms with Crippen LogP contribution in [0, 0.1) is 6.92 Å². The summed E-state index contributed by atoms with van der Waals surface area (Å²) >= 11 is 3.46. The topological polar surface area (TPSA) is 57.2 Å². The number of rotatable bonds is 3. The number of hydrogen-bond donors (Lipinski definition) is 0. The lowest BCUT2D eigenvalue weighted by molar-refractivity contribution is -0.0976. The average molecular weight is 386 g/mol. The molecule has 2 aliphatic heterocycles. The SMILES string of the molecule is COC(=O)c1cc(Br)c2c(c1C)O[C@@](C)(CN1CCOCC1)O2. The molecule has 3 rings (SSSR count). The van der Waals surface area contributed by atoms with Crippen LogP contribution < -0.4 is 9.47 Å². The highest BCUT2D eigenvalue weighted by atomic mass is 79.9. The predicted molar refractivity (Wildman–Crippen MR) is 87.1 cm³/mol. The number of esters is 1. The second kappa shape index (κ2) is 6.30. The third-order valence-corrected chi connectivity index (χ3v) is 4.68. The number of morpholine rings is 1. The van der Waals surface area contributed by atoms with Gasteiger partial charge in [0.1, 0.15) is 0 Å². The van der Waals surface area contributed by atoms with E-state index in [9.17, 15) is 4.79 Å². The van der Waals surface area contributed by atoms with Crippen molar-refractivity contribution in [3.63, 3.8) is 0 Å². The van der Waals surface area contributed by atoms with E-state index in [1.807, 2.05) is 13.8 Å². The Morgan fingerprint density at radius 3 is 2.65 bits per heavy atom. The van der Waals surface area contributed by atoms with Gasteiger partial charge in [-0.05, 0) is 28.9 Å². The molecule has 1 saturated heterocycles. The molecule has 0 amide bonds. The molecule has 2 aliphatic rings. The molecule has 7 heteroatoms. The molecule has 0 radical (unpaired) electrons. The van der Waals surface area contributed by atoms with Gasteiger partial charge in [0, 0.05) is 25.6 Å². The number of methoxy groups -OCH3 is 1. The van der Waals surface area contributed by atoms with E-state index >= 15 is 0 Å². The first kappa shape index (κ1) is 16.5. The van der Waals surface area contributed by atoms with Crippen molar-refractivity contribution >= 4 is 21.9 Å². The average Bonchev–Trinajstić information content (AvgIpc) is 2.89. The Hall–Kier alpha value is -1.31. The molecule has 0 unspecified atom stereocenters. The molecule has 126 valence electrons. The van der Waals surface area contributed by atoms with E-state index in [1.165, 1.54) is 7.11 Å². The van der Waals surface area contributed by atoms with Crippen LogP contribution >= 0.6 is 15.9 Å². The first-order chi connectivity index (χ1) is 10.9. The number of hydrogen-bond acceptors (Lipinski definition) is 6. The predicted octanol–water partition coefficient (Wildman–Crippen LogP) is 2.36. The van der Waals surface area contributed by atoms with Crippen molar-refractivity contribution in [2.75, 3.05) is 40.0 Å². The number of carbonyl (C=O) groups excluding carboxylic acids is 1. The Labute approximate surface area is 143 Å². The molecule has 0 saturated carbocycles. The molecule has 1 aromatic rings. The fourth-order valence-corrected chi connectivity index (χ4v) is 3.41. The summed E-state index contributed by atoms with van der Waals surface area (Å²) in [6.45, 7) is 7.52. The Bertz CT molecular complexity index is 629. The number of fused-ring (bicyclic) bond motifs is 1. The Morgan fingerprint density at radius 2 is 2.00 bits per heavy atom. The van der Waals surface area contributed by atoms with E-state index in [1.54, 1.807) is 6.07 Å². The summed E-state index contributed by atoms with van der Waals surface area (Å²) in [6.07, 6.45) is 0. The monoisotopic (exact) mass is 385 g/mol. The van der Waals surface area contributed by atoms with E-state index in [4.69, 9.17) is 18.9 Å². The molecule has 1 atom stereocenters. The van der Waals surface area contributed by atoms with Crippen LogP contribution in [-0.4, -0.2) is 56.6 Å². The minimum absolute atomic E-state index is 0.392. The fourth-order valence-electron chi connectivity index (χ4n) is 2.92. The molecule has 6 nitrogen and oxygen atoms in total. The van der Waals surface area contributed by atoms with Gasteiger partial charge >= 0.3 is 5.97 Å². The summed E-state index contributed by atoms with van der Waals surface area (Å²) in [6, 6.07) is 1.71. The van der Waals surface area contributed by atoms with Crippen molar-refractivity contribution in [3.05, 3.63) is 21.7 Å². The normalized spacial score (nSPS) is 23.8. The maximum Gasteiger partial charge on any atom is 0.338 e. The molecule has 0 bridgehead atoms. The van der Waals surface area contributed by atoms with Gasteiger partial charge in [-0.2, -0.15) is 0 Å². The van der Waals surface area contributed by atoms with E-state index in [0.29, 0.717) is 28.1 Å². The lowest BCUT2D eigenvalue weighted by Crippen LogP contribution is -2.50. The molecule has 1 fully saturated rings. The summed E-state index contributed by atoms with van der Waals surface area (Å²) in [5.41, 5.74) is 1.19. The largest absolute Gasteiger partial charge is 0.465 e. The van der Waals surface area contributed by atoms with Gasteiger partial charge in [-0.3, -0.25) is 4.90 Å². The zero-order valence-corrected chi connectivity index (χ0v) is 15.1.